The normalized spacial score (nSPS) is 19.9. The molecule has 0 bridgehead atoms. The van der Waals surface area contributed by atoms with E-state index in [9.17, 15) is 9.59 Å². The Hall–Kier alpha value is -1.37. The van der Waals surface area contributed by atoms with Gasteiger partial charge in [-0.15, -0.1) is 11.8 Å². The van der Waals surface area contributed by atoms with E-state index in [4.69, 9.17) is 5.73 Å². The fourth-order valence-corrected chi connectivity index (χ4v) is 2.75. The first kappa shape index (κ1) is 14.0. The molecule has 1 aliphatic heterocycles. The summed E-state index contributed by atoms with van der Waals surface area (Å²) in [5.74, 6) is 0.140. The Morgan fingerprint density at radius 3 is 2.79 bits per heavy atom. The highest BCUT2D eigenvalue weighted by molar-refractivity contribution is 8.00. The van der Waals surface area contributed by atoms with Gasteiger partial charge in [-0.25, -0.2) is 0 Å². The van der Waals surface area contributed by atoms with E-state index in [-0.39, 0.29) is 11.3 Å². The average molecular weight is 279 g/mol. The Bertz CT molecular complexity index is 446. The second kappa shape index (κ2) is 6.70. The molecular weight excluding hydrogens is 262 g/mol. The van der Waals surface area contributed by atoms with Crippen LogP contribution in [-0.4, -0.2) is 35.5 Å². The van der Waals surface area contributed by atoms with Gasteiger partial charge in [0.15, 0.2) is 0 Å². The van der Waals surface area contributed by atoms with Crippen LogP contribution in [0, 0.1) is 0 Å². The van der Waals surface area contributed by atoms with E-state index in [1.54, 1.807) is 0 Å². The van der Waals surface area contributed by atoms with Crippen molar-refractivity contribution >= 4 is 23.6 Å². The Morgan fingerprint density at radius 2 is 2.16 bits per heavy atom. The third-order valence-electron chi connectivity index (χ3n) is 2.84. The van der Waals surface area contributed by atoms with Gasteiger partial charge in [0, 0.05) is 12.3 Å². The van der Waals surface area contributed by atoms with E-state index < -0.39 is 11.9 Å². The van der Waals surface area contributed by atoms with Gasteiger partial charge < -0.3 is 5.73 Å². The molecule has 4 N–H and O–H groups in total. The zero-order valence-corrected chi connectivity index (χ0v) is 11.3. The van der Waals surface area contributed by atoms with Crippen LogP contribution in [0.15, 0.2) is 30.3 Å². The highest BCUT2D eigenvalue weighted by atomic mass is 32.2. The molecule has 1 fully saturated rings. The van der Waals surface area contributed by atoms with Crippen molar-refractivity contribution in [2.45, 2.75) is 17.8 Å². The summed E-state index contributed by atoms with van der Waals surface area (Å²) in [5.41, 5.74) is 6.78. The minimum atomic E-state index is -0.710. The Balaban J connectivity index is 1.83. The molecule has 6 heteroatoms. The van der Waals surface area contributed by atoms with E-state index >= 15 is 0 Å². The van der Waals surface area contributed by atoms with Crippen molar-refractivity contribution in [1.29, 1.82) is 0 Å². The van der Waals surface area contributed by atoms with Gasteiger partial charge in [0.25, 0.3) is 5.91 Å². The molecule has 2 atom stereocenters. The van der Waals surface area contributed by atoms with Gasteiger partial charge >= 0.3 is 0 Å². The van der Waals surface area contributed by atoms with Crippen molar-refractivity contribution in [3.63, 3.8) is 0 Å². The van der Waals surface area contributed by atoms with E-state index in [1.807, 2.05) is 30.3 Å². The van der Waals surface area contributed by atoms with Crippen LogP contribution in [0.5, 0.6) is 0 Å². The number of nitrogens with one attached hydrogen (secondary N) is 2. The SMILES string of the molecule is N[C@@H](Cc1ccccc1)C(=O)NC(=O)C1NCCS1. The monoisotopic (exact) mass is 279 g/mol. The number of thioether (sulfide) groups is 1. The second-order valence-electron chi connectivity index (χ2n) is 4.35. The van der Waals surface area contributed by atoms with Crippen LogP contribution in [0.1, 0.15) is 5.56 Å². The summed E-state index contributed by atoms with van der Waals surface area (Å²) in [6, 6.07) is 8.79. The quantitative estimate of drug-likeness (QED) is 0.714. The minimum Gasteiger partial charge on any atom is -0.320 e. The van der Waals surface area contributed by atoms with Crippen LogP contribution >= 0.6 is 11.8 Å². The number of hydrogen-bond acceptors (Lipinski definition) is 5. The number of rotatable bonds is 4. The molecule has 1 saturated heterocycles. The smallest absolute Gasteiger partial charge is 0.254 e. The summed E-state index contributed by atoms with van der Waals surface area (Å²) in [4.78, 5) is 23.6. The molecule has 19 heavy (non-hydrogen) atoms. The molecule has 5 nitrogen and oxygen atoms in total. The molecule has 1 unspecified atom stereocenters. The Kier molecular flexibility index (Phi) is 4.95. The number of carbonyl (C=O) groups is 2. The van der Waals surface area contributed by atoms with Crippen LogP contribution < -0.4 is 16.4 Å². The second-order valence-corrected chi connectivity index (χ2v) is 5.57. The zero-order chi connectivity index (χ0) is 13.7. The molecule has 0 radical (unpaired) electrons. The van der Waals surface area contributed by atoms with E-state index in [2.05, 4.69) is 10.6 Å². The predicted octanol–water partition coefficient (Wildman–Crippen LogP) is -0.138. The summed E-state index contributed by atoms with van der Waals surface area (Å²) in [5, 5.41) is 5.02. The summed E-state index contributed by atoms with van der Waals surface area (Å²) in [6.45, 7) is 0.785. The van der Waals surface area contributed by atoms with Gasteiger partial charge in [0.2, 0.25) is 5.91 Å². The molecular formula is C13H17N3O2S. The molecule has 1 aliphatic rings. The summed E-state index contributed by atoms with van der Waals surface area (Å²) in [6.07, 6.45) is 0.422. The third-order valence-corrected chi connectivity index (χ3v) is 3.99. The molecule has 2 amide bonds. The molecule has 0 spiro atoms. The third kappa shape index (κ3) is 4.05. The largest absolute Gasteiger partial charge is 0.320 e. The van der Waals surface area contributed by atoms with Crippen molar-refractivity contribution in [3.8, 4) is 0 Å². The molecule has 0 aliphatic carbocycles. The summed E-state index contributed by atoms with van der Waals surface area (Å²) in [7, 11) is 0. The lowest BCUT2D eigenvalue weighted by Crippen LogP contribution is -2.49. The maximum absolute atomic E-state index is 11.8. The van der Waals surface area contributed by atoms with Gasteiger partial charge in [-0.05, 0) is 12.0 Å². The molecule has 0 saturated carbocycles. The Labute approximate surface area is 116 Å². The number of hydrogen-bond donors (Lipinski definition) is 3. The summed E-state index contributed by atoms with van der Waals surface area (Å²) < 4.78 is 0. The van der Waals surface area contributed by atoms with Crippen molar-refractivity contribution in [3.05, 3.63) is 35.9 Å². The Morgan fingerprint density at radius 1 is 1.42 bits per heavy atom. The van der Waals surface area contributed by atoms with Gasteiger partial charge in [-0.2, -0.15) is 0 Å². The number of nitrogens with two attached hydrogens (primary N) is 1. The summed E-state index contributed by atoms with van der Waals surface area (Å²) >= 11 is 1.49. The highest BCUT2D eigenvalue weighted by Gasteiger charge is 2.25. The first-order valence-corrected chi connectivity index (χ1v) is 7.21. The van der Waals surface area contributed by atoms with Crippen LogP contribution in [0.2, 0.25) is 0 Å². The van der Waals surface area contributed by atoms with Gasteiger partial charge in [0.1, 0.15) is 5.37 Å². The predicted molar refractivity (Wildman–Crippen MR) is 75.5 cm³/mol. The van der Waals surface area contributed by atoms with Crippen molar-refractivity contribution in [2.24, 2.45) is 5.73 Å². The van der Waals surface area contributed by atoms with E-state index in [1.165, 1.54) is 11.8 Å². The van der Waals surface area contributed by atoms with Crippen LogP contribution in [-0.2, 0) is 16.0 Å². The molecule has 102 valence electrons. The number of imide groups is 1. The average Bonchev–Trinajstić information content (AvgIpc) is 2.93. The van der Waals surface area contributed by atoms with Crippen molar-refractivity contribution in [1.82, 2.24) is 10.6 Å². The lowest BCUT2D eigenvalue weighted by Gasteiger charge is -2.14. The van der Waals surface area contributed by atoms with Crippen molar-refractivity contribution < 1.29 is 9.59 Å². The number of carbonyl (C=O) groups excluding carboxylic acids is 2. The molecule has 1 aromatic carbocycles. The van der Waals surface area contributed by atoms with Gasteiger partial charge in [0.05, 0.1) is 6.04 Å². The molecule has 1 aromatic rings. The van der Waals surface area contributed by atoms with E-state index in [0.29, 0.717) is 6.42 Å². The molecule has 2 rings (SSSR count). The zero-order valence-electron chi connectivity index (χ0n) is 10.5. The standard InChI is InChI=1S/C13H17N3O2S/c14-10(8-9-4-2-1-3-5-9)11(17)16-12(18)13-15-6-7-19-13/h1-5,10,13,15H,6-8,14H2,(H,16,17,18)/t10-,13?/m0/s1. The molecule has 0 aromatic heterocycles. The highest BCUT2D eigenvalue weighted by Crippen LogP contribution is 2.13. The van der Waals surface area contributed by atoms with Crippen LogP contribution in [0.4, 0.5) is 0 Å². The maximum Gasteiger partial charge on any atom is 0.254 e. The fraction of sp³-hybridized carbons (Fsp3) is 0.385. The topological polar surface area (TPSA) is 84.2 Å². The maximum atomic E-state index is 11.8. The lowest BCUT2D eigenvalue weighted by atomic mass is 10.1. The lowest BCUT2D eigenvalue weighted by molar-refractivity contribution is -0.131. The van der Waals surface area contributed by atoms with Crippen molar-refractivity contribution in [2.75, 3.05) is 12.3 Å². The number of amides is 2. The van der Waals surface area contributed by atoms with E-state index in [0.717, 1.165) is 17.9 Å². The van der Waals surface area contributed by atoms with Crippen LogP contribution in [0.25, 0.3) is 0 Å². The molecule has 1 heterocycles. The first-order valence-electron chi connectivity index (χ1n) is 6.16. The number of benzene rings is 1. The van der Waals surface area contributed by atoms with Crippen LogP contribution in [0.3, 0.4) is 0 Å². The minimum absolute atomic E-state index is 0.309. The fourth-order valence-electron chi connectivity index (χ4n) is 1.83. The first-order chi connectivity index (χ1) is 9.16. The van der Waals surface area contributed by atoms with Gasteiger partial charge in [-0.3, -0.25) is 20.2 Å². The van der Waals surface area contributed by atoms with Gasteiger partial charge in [-0.1, -0.05) is 30.3 Å².